The van der Waals surface area contributed by atoms with Crippen molar-refractivity contribution in [2.75, 3.05) is 18.6 Å². The molecule has 0 aromatic rings. The average molecular weight is 163 g/mol. The molecule has 1 atom stereocenters. The molecule has 0 unspecified atom stereocenters. The second-order valence-corrected chi connectivity index (χ2v) is 5.07. The van der Waals surface area contributed by atoms with Gasteiger partial charge >= 0.3 is 0 Å². The summed E-state index contributed by atoms with van der Waals surface area (Å²) in [5, 5.41) is 3.13. The molecule has 0 amide bonds. The van der Waals surface area contributed by atoms with E-state index in [1.54, 1.807) is 0 Å². The fourth-order valence-corrected chi connectivity index (χ4v) is 2.28. The first-order chi connectivity index (χ1) is 4.58. The van der Waals surface area contributed by atoms with Crippen molar-refractivity contribution >= 4 is 9.84 Å². The van der Waals surface area contributed by atoms with E-state index in [4.69, 9.17) is 0 Å². The summed E-state index contributed by atoms with van der Waals surface area (Å²) in [4.78, 5) is 0. The first-order valence-electron chi connectivity index (χ1n) is 3.49. The minimum Gasteiger partial charge on any atom is -0.313 e. The molecule has 1 aliphatic heterocycles. The smallest absolute Gasteiger partial charge is 0.148 e. The van der Waals surface area contributed by atoms with Crippen molar-refractivity contribution in [3.05, 3.63) is 0 Å². The van der Waals surface area contributed by atoms with Crippen molar-refractivity contribution in [2.45, 2.75) is 18.9 Å². The molecule has 60 valence electrons. The Morgan fingerprint density at radius 2 is 2.30 bits per heavy atom. The van der Waals surface area contributed by atoms with Crippen LogP contribution in [0, 0.1) is 0 Å². The highest BCUT2D eigenvalue weighted by atomic mass is 32.2. The van der Waals surface area contributed by atoms with E-state index in [9.17, 15) is 8.42 Å². The molecule has 0 aromatic carbocycles. The van der Waals surface area contributed by atoms with E-state index in [1.165, 1.54) is 6.26 Å². The standard InChI is InChI=1S/C6H13NO2S/c1-10(8,9)5-6-3-2-4-7-6/h6-7H,2-5H2,1H3/t6-/m0/s1. The molecule has 10 heavy (non-hydrogen) atoms. The normalized spacial score (nSPS) is 27.1. The van der Waals surface area contributed by atoms with Gasteiger partial charge in [0.2, 0.25) is 0 Å². The van der Waals surface area contributed by atoms with Crippen molar-refractivity contribution in [1.82, 2.24) is 5.32 Å². The molecule has 0 spiro atoms. The lowest BCUT2D eigenvalue weighted by atomic mass is 10.3. The lowest BCUT2D eigenvalue weighted by Gasteiger charge is -2.06. The van der Waals surface area contributed by atoms with Gasteiger partial charge in [-0.1, -0.05) is 0 Å². The minimum atomic E-state index is -2.77. The third-order valence-electron chi connectivity index (χ3n) is 1.67. The Bertz CT molecular complexity index is 192. The minimum absolute atomic E-state index is 0.218. The van der Waals surface area contributed by atoms with Gasteiger partial charge < -0.3 is 5.32 Å². The van der Waals surface area contributed by atoms with E-state index in [2.05, 4.69) is 5.32 Å². The number of hydrogen-bond acceptors (Lipinski definition) is 3. The van der Waals surface area contributed by atoms with Crippen molar-refractivity contribution in [3.8, 4) is 0 Å². The summed E-state index contributed by atoms with van der Waals surface area (Å²) in [7, 11) is -2.77. The quantitative estimate of drug-likeness (QED) is 0.612. The highest BCUT2D eigenvalue weighted by Gasteiger charge is 2.18. The zero-order valence-corrected chi connectivity index (χ0v) is 6.95. The van der Waals surface area contributed by atoms with Gasteiger partial charge in [0, 0.05) is 12.3 Å². The fraction of sp³-hybridized carbons (Fsp3) is 1.00. The fourth-order valence-electron chi connectivity index (χ4n) is 1.26. The van der Waals surface area contributed by atoms with Crippen LogP contribution in [0.4, 0.5) is 0 Å². The Balaban J connectivity index is 2.38. The molecule has 3 nitrogen and oxygen atoms in total. The summed E-state index contributed by atoms with van der Waals surface area (Å²) < 4.78 is 21.5. The topological polar surface area (TPSA) is 46.2 Å². The van der Waals surface area contributed by atoms with Crippen LogP contribution < -0.4 is 5.32 Å². The van der Waals surface area contributed by atoms with Crippen molar-refractivity contribution in [2.24, 2.45) is 0 Å². The van der Waals surface area contributed by atoms with Crippen molar-refractivity contribution in [1.29, 1.82) is 0 Å². The summed E-state index contributed by atoms with van der Waals surface area (Å²) >= 11 is 0. The molecule has 4 heteroatoms. The van der Waals surface area contributed by atoms with Gasteiger partial charge in [0.15, 0.2) is 0 Å². The van der Waals surface area contributed by atoms with E-state index in [-0.39, 0.29) is 6.04 Å². The number of nitrogens with one attached hydrogen (secondary N) is 1. The number of rotatable bonds is 2. The summed E-state index contributed by atoms with van der Waals surface area (Å²) in [6.07, 6.45) is 3.40. The average Bonchev–Trinajstić information content (AvgIpc) is 2.12. The Labute approximate surface area is 61.7 Å². The van der Waals surface area contributed by atoms with E-state index in [0.717, 1.165) is 19.4 Å². The lowest BCUT2D eigenvalue weighted by molar-refractivity contribution is 0.582. The molecular weight excluding hydrogens is 150 g/mol. The molecule has 0 saturated carbocycles. The van der Waals surface area contributed by atoms with E-state index >= 15 is 0 Å². The monoisotopic (exact) mass is 163 g/mol. The van der Waals surface area contributed by atoms with E-state index in [0.29, 0.717) is 5.75 Å². The van der Waals surface area contributed by atoms with Crippen LogP contribution in [0.1, 0.15) is 12.8 Å². The van der Waals surface area contributed by atoms with Crippen LogP contribution >= 0.6 is 0 Å². The number of sulfone groups is 1. The lowest BCUT2D eigenvalue weighted by Crippen LogP contribution is -2.29. The maximum atomic E-state index is 10.7. The predicted octanol–water partition coefficient (Wildman–Crippen LogP) is -0.217. The van der Waals surface area contributed by atoms with Crippen molar-refractivity contribution < 1.29 is 8.42 Å². The second-order valence-electron chi connectivity index (χ2n) is 2.89. The van der Waals surface area contributed by atoms with Gasteiger partial charge in [-0.2, -0.15) is 0 Å². The molecule has 0 radical (unpaired) electrons. The van der Waals surface area contributed by atoms with Crippen LogP contribution in [0.5, 0.6) is 0 Å². The predicted molar refractivity (Wildman–Crippen MR) is 40.7 cm³/mol. The van der Waals surface area contributed by atoms with Crippen LogP contribution in [-0.4, -0.2) is 33.0 Å². The van der Waals surface area contributed by atoms with Gasteiger partial charge in [-0.05, 0) is 19.4 Å². The van der Waals surface area contributed by atoms with Gasteiger partial charge in [0.25, 0.3) is 0 Å². The van der Waals surface area contributed by atoms with E-state index < -0.39 is 9.84 Å². The van der Waals surface area contributed by atoms with Gasteiger partial charge in [-0.3, -0.25) is 0 Å². The van der Waals surface area contributed by atoms with Crippen molar-refractivity contribution in [3.63, 3.8) is 0 Å². The molecule has 1 N–H and O–H groups in total. The molecule has 0 aromatic heterocycles. The summed E-state index contributed by atoms with van der Waals surface area (Å²) in [5.41, 5.74) is 0. The van der Waals surface area contributed by atoms with Gasteiger partial charge in [0.1, 0.15) is 9.84 Å². The molecular formula is C6H13NO2S. The Morgan fingerprint density at radius 1 is 1.60 bits per heavy atom. The van der Waals surface area contributed by atoms with Crippen LogP contribution in [0.3, 0.4) is 0 Å². The van der Waals surface area contributed by atoms with Crippen LogP contribution in [-0.2, 0) is 9.84 Å². The van der Waals surface area contributed by atoms with Crippen LogP contribution in [0.2, 0.25) is 0 Å². The summed E-state index contributed by atoms with van der Waals surface area (Å²) in [5.74, 6) is 0.299. The van der Waals surface area contributed by atoms with Crippen LogP contribution in [0.25, 0.3) is 0 Å². The van der Waals surface area contributed by atoms with E-state index in [1.807, 2.05) is 0 Å². The molecule has 1 saturated heterocycles. The zero-order valence-electron chi connectivity index (χ0n) is 6.13. The first kappa shape index (κ1) is 8.01. The second kappa shape index (κ2) is 2.88. The SMILES string of the molecule is CS(=O)(=O)C[C@@H]1CCCN1. The third-order valence-corrected chi connectivity index (χ3v) is 2.67. The third kappa shape index (κ3) is 2.66. The molecule has 1 rings (SSSR count). The molecule has 0 bridgehead atoms. The Kier molecular flexibility index (Phi) is 2.31. The highest BCUT2D eigenvalue weighted by molar-refractivity contribution is 7.90. The molecule has 1 fully saturated rings. The Hall–Kier alpha value is -0.0900. The zero-order chi connectivity index (χ0) is 7.61. The molecule has 0 aliphatic carbocycles. The Morgan fingerprint density at radius 3 is 2.70 bits per heavy atom. The summed E-state index contributed by atoms with van der Waals surface area (Å²) in [6, 6.07) is 0.218. The number of hydrogen-bond donors (Lipinski definition) is 1. The summed E-state index contributed by atoms with van der Waals surface area (Å²) in [6.45, 7) is 0.972. The maximum absolute atomic E-state index is 10.7. The molecule has 1 heterocycles. The first-order valence-corrected chi connectivity index (χ1v) is 5.55. The van der Waals surface area contributed by atoms with Gasteiger partial charge in [-0.15, -0.1) is 0 Å². The van der Waals surface area contributed by atoms with Gasteiger partial charge in [0.05, 0.1) is 5.75 Å². The molecule has 1 aliphatic rings. The largest absolute Gasteiger partial charge is 0.313 e. The van der Waals surface area contributed by atoms with Gasteiger partial charge in [-0.25, -0.2) is 8.42 Å². The maximum Gasteiger partial charge on any atom is 0.148 e. The van der Waals surface area contributed by atoms with Crippen LogP contribution in [0.15, 0.2) is 0 Å². The highest BCUT2D eigenvalue weighted by Crippen LogP contribution is 2.06.